The summed E-state index contributed by atoms with van der Waals surface area (Å²) in [6, 6.07) is 5.06. The van der Waals surface area contributed by atoms with Crippen molar-refractivity contribution in [3.8, 4) is 0 Å². The summed E-state index contributed by atoms with van der Waals surface area (Å²) >= 11 is 0. The van der Waals surface area contributed by atoms with Gasteiger partial charge in [0.05, 0.1) is 5.54 Å². The van der Waals surface area contributed by atoms with E-state index in [4.69, 9.17) is 10.8 Å². The lowest BCUT2D eigenvalue weighted by atomic mass is 9.99. The van der Waals surface area contributed by atoms with Crippen molar-refractivity contribution < 1.29 is 24.6 Å². The Bertz CT molecular complexity index is 1120. The number of aromatic amines is 1. The molecule has 0 spiro atoms. The number of nitrogen functional groups attached to an aromatic ring is 1. The van der Waals surface area contributed by atoms with E-state index in [9.17, 15) is 24.3 Å². The molecular weight excluding hydrogens is 434 g/mol. The highest BCUT2D eigenvalue weighted by Crippen LogP contribution is 2.25. The van der Waals surface area contributed by atoms with Crippen LogP contribution in [-0.4, -0.2) is 62.7 Å². The van der Waals surface area contributed by atoms with Crippen LogP contribution in [0.3, 0.4) is 0 Å². The Morgan fingerprint density at radius 3 is 2.58 bits per heavy atom. The van der Waals surface area contributed by atoms with E-state index >= 15 is 0 Å². The van der Waals surface area contributed by atoms with E-state index in [1.807, 2.05) is 6.92 Å². The van der Waals surface area contributed by atoms with E-state index in [0.717, 1.165) is 0 Å². The van der Waals surface area contributed by atoms with Crippen LogP contribution in [0.2, 0.25) is 0 Å². The summed E-state index contributed by atoms with van der Waals surface area (Å²) in [5.74, 6) is -2.66. The minimum absolute atomic E-state index is 0.0236. The maximum atomic E-state index is 12.3. The van der Waals surface area contributed by atoms with Gasteiger partial charge < -0.3 is 37.2 Å². The van der Waals surface area contributed by atoms with Gasteiger partial charge in [-0.1, -0.05) is 0 Å². The predicted molar refractivity (Wildman–Crippen MR) is 120 cm³/mol. The number of aliphatic carboxylic acids is 2. The highest BCUT2D eigenvalue weighted by Gasteiger charge is 2.31. The monoisotopic (exact) mass is 459 g/mol. The number of anilines is 4. The van der Waals surface area contributed by atoms with Crippen molar-refractivity contribution in [2.45, 2.75) is 31.3 Å². The summed E-state index contributed by atoms with van der Waals surface area (Å²) in [5, 5.41) is 29.7. The zero-order valence-corrected chi connectivity index (χ0v) is 17.8. The Kier molecular flexibility index (Phi) is 6.70. The molecule has 1 aromatic heterocycles. The van der Waals surface area contributed by atoms with E-state index < -0.39 is 29.4 Å². The molecule has 0 saturated carbocycles. The van der Waals surface area contributed by atoms with Crippen molar-refractivity contribution in [1.82, 2.24) is 15.3 Å². The number of carbonyl (C=O) groups is 3. The number of hydrogen-bond acceptors (Lipinski definition) is 9. The normalized spacial score (nSPS) is 17.6. The van der Waals surface area contributed by atoms with Crippen LogP contribution in [0, 0.1) is 0 Å². The van der Waals surface area contributed by atoms with Gasteiger partial charge in [0.1, 0.15) is 11.7 Å². The van der Waals surface area contributed by atoms with Crippen molar-refractivity contribution in [2.75, 3.05) is 34.8 Å². The van der Waals surface area contributed by atoms with Crippen molar-refractivity contribution in [2.24, 2.45) is 0 Å². The number of H-pyrrole nitrogens is 1. The first-order chi connectivity index (χ1) is 15.6. The van der Waals surface area contributed by atoms with Crippen molar-refractivity contribution >= 4 is 41.0 Å². The van der Waals surface area contributed by atoms with E-state index in [-0.39, 0.29) is 29.9 Å². The topological polar surface area (TPSA) is 212 Å². The second-order valence-corrected chi connectivity index (χ2v) is 7.94. The Morgan fingerprint density at radius 1 is 1.24 bits per heavy atom. The quantitative estimate of drug-likeness (QED) is 0.252. The van der Waals surface area contributed by atoms with E-state index in [1.54, 1.807) is 12.1 Å². The van der Waals surface area contributed by atoms with Gasteiger partial charge in [-0.15, -0.1) is 0 Å². The standard InChI is InChI=1S/C20H25N7O6/c1-20(9-23-15-14(27-20)17(31)26-19(21)25-15)8-22-11-4-2-10(3-5-11)16(30)24-12(18(32)33)6-7-13(28)29/h2-5,12,22,27H,6-9H2,1H3,(H,24,30)(H,28,29)(H,32,33)(H4,21,23,25,26,31)/t12-,20?/m0/s1. The number of rotatable bonds is 9. The van der Waals surface area contributed by atoms with Gasteiger partial charge in [-0.05, 0) is 37.6 Å². The Hall–Kier alpha value is -4.29. The lowest BCUT2D eigenvalue weighted by molar-refractivity contribution is -0.140. The van der Waals surface area contributed by atoms with Crippen LogP contribution in [0.15, 0.2) is 29.1 Å². The fourth-order valence-corrected chi connectivity index (χ4v) is 3.27. The van der Waals surface area contributed by atoms with Gasteiger partial charge >= 0.3 is 11.9 Å². The first-order valence-corrected chi connectivity index (χ1v) is 10.1. The molecule has 0 aliphatic carbocycles. The highest BCUT2D eigenvalue weighted by atomic mass is 16.4. The van der Waals surface area contributed by atoms with E-state index in [2.05, 4.69) is 31.2 Å². The molecule has 3 rings (SSSR count). The lowest BCUT2D eigenvalue weighted by Crippen LogP contribution is -2.52. The zero-order chi connectivity index (χ0) is 24.2. The van der Waals surface area contributed by atoms with E-state index in [0.29, 0.717) is 30.3 Å². The van der Waals surface area contributed by atoms with Gasteiger partial charge in [0.15, 0.2) is 5.82 Å². The van der Waals surface area contributed by atoms with Crippen molar-refractivity contribution in [3.63, 3.8) is 0 Å². The largest absolute Gasteiger partial charge is 0.481 e. The summed E-state index contributed by atoms with van der Waals surface area (Å²) < 4.78 is 0. The summed E-state index contributed by atoms with van der Waals surface area (Å²) in [5.41, 5.74) is 5.87. The molecule has 0 fully saturated rings. The molecule has 1 amide bonds. The molecule has 9 N–H and O–H groups in total. The van der Waals surface area contributed by atoms with Crippen molar-refractivity contribution in [3.05, 3.63) is 40.2 Å². The molecule has 13 heteroatoms. The molecule has 176 valence electrons. The Morgan fingerprint density at radius 2 is 1.94 bits per heavy atom. The van der Waals surface area contributed by atoms with Crippen LogP contribution in [0.4, 0.5) is 23.1 Å². The Balaban J connectivity index is 1.59. The zero-order valence-electron chi connectivity index (χ0n) is 17.8. The second kappa shape index (κ2) is 9.46. The molecular formula is C20H25N7O6. The third kappa shape index (κ3) is 5.90. The molecule has 0 radical (unpaired) electrons. The van der Waals surface area contributed by atoms with Gasteiger partial charge in [0, 0.05) is 30.8 Å². The summed E-state index contributed by atoms with van der Waals surface area (Å²) in [6.07, 6.45) is -0.592. The number of hydrogen-bond donors (Lipinski definition) is 8. The fraction of sp³-hybridized carbons (Fsp3) is 0.350. The van der Waals surface area contributed by atoms with Crippen LogP contribution in [0.25, 0.3) is 0 Å². The smallest absolute Gasteiger partial charge is 0.326 e. The van der Waals surface area contributed by atoms with Gasteiger partial charge in [0.25, 0.3) is 11.5 Å². The molecule has 1 aliphatic heterocycles. The molecule has 2 heterocycles. The number of aromatic nitrogens is 2. The second-order valence-electron chi connectivity index (χ2n) is 7.94. The Labute approximate surface area is 187 Å². The maximum Gasteiger partial charge on any atom is 0.326 e. The van der Waals surface area contributed by atoms with Crippen LogP contribution in [0.5, 0.6) is 0 Å². The number of amides is 1. The molecule has 0 bridgehead atoms. The minimum Gasteiger partial charge on any atom is -0.481 e. The van der Waals surface area contributed by atoms with Crippen LogP contribution in [-0.2, 0) is 9.59 Å². The average Bonchev–Trinajstić information content (AvgIpc) is 2.76. The lowest BCUT2D eigenvalue weighted by Gasteiger charge is -2.37. The molecule has 1 aliphatic rings. The fourth-order valence-electron chi connectivity index (χ4n) is 3.27. The van der Waals surface area contributed by atoms with Crippen LogP contribution >= 0.6 is 0 Å². The number of nitrogens with two attached hydrogens (primary N) is 1. The number of benzene rings is 1. The molecule has 0 saturated heterocycles. The maximum absolute atomic E-state index is 12.3. The van der Waals surface area contributed by atoms with Gasteiger partial charge in [0.2, 0.25) is 5.95 Å². The molecule has 13 nitrogen and oxygen atoms in total. The summed E-state index contributed by atoms with van der Waals surface area (Å²) in [6.45, 7) is 2.80. The number of nitrogens with one attached hydrogen (secondary N) is 5. The first-order valence-electron chi connectivity index (χ1n) is 10.1. The van der Waals surface area contributed by atoms with E-state index in [1.165, 1.54) is 12.1 Å². The van der Waals surface area contributed by atoms with Gasteiger partial charge in [-0.2, -0.15) is 4.98 Å². The van der Waals surface area contributed by atoms with Gasteiger partial charge in [-0.25, -0.2) is 4.79 Å². The van der Waals surface area contributed by atoms with Crippen LogP contribution < -0.4 is 32.6 Å². The van der Waals surface area contributed by atoms with Crippen molar-refractivity contribution in [1.29, 1.82) is 0 Å². The van der Waals surface area contributed by atoms with Crippen LogP contribution in [0.1, 0.15) is 30.1 Å². The number of fused-ring (bicyclic) bond motifs is 1. The number of carboxylic acids is 2. The molecule has 1 unspecified atom stereocenters. The predicted octanol–water partition coefficient (Wildman–Crippen LogP) is 0.108. The number of nitrogens with zero attached hydrogens (tertiary/aromatic N) is 1. The number of carboxylic acid groups (broad SMARTS) is 2. The molecule has 1 aromatic carbocycles. The molecule has 2 atom stereocenters. The third-order valence-corrected chi connectivity index (χ3v) is 5.09. The highest BCUT2D eigenvalue weighted by molar-refractivity contribution is 5.97. The summed E-state index contributed by atoms with van der Waals surface area (Å²) in [7, 11) is 0. The number of carbonyl (C=O) groups excluding carboxylic acids is 1. The molecule has 33 heavy (non-hydrogen) atoms. The molecule has 2 aromatic rings. The summed E-state index contributed by atoms with van der Waals surface area (Å²) in [4.78, 5) is 52.9. The average molecular weight is 459 g/mol. The minimum atomic E-state index is -1.30. The third-order valence-electron chi connectivity index (χ3n) is 5.09. The first kappa shape index (κ1) is 23.4. The van der Waals surface area contributed by atoms with Gasteiger partial charge in [-0.3, -0.25) is 19.4 Å². The SMILES string of the molecule is CC1(CNc2ccc(C(=O)N[C@@H](CCC(=O)O)C(=O)O)cc2)CNc2nc(N)[nH]c(=O)c2N1.